The minimum absolute atomic E-state index is 0.0567. The second kappa shape index (κ2) is 6.79. The number of nitrogens with one attached hydrogen (secondary N) is 1. The molecule has 2 heterocycles. The summed E-state index contributed by atoms with van der Waals surface area (Å²) in [4.78, 5) is 39.8. The second-order valence-corrected chi connectivity index (χ2v) is 5.64. The largest absolute Gasteiger partial charge is 0.459 e. The summed E-state index contributed by atoms with van der Waals surface area (Å²) in [6, 6.07) is 5.78. The first-order valence-corrected chi connectivity index (χ1v) is 7.93. The van der Waals surface area contributed by atoms with Gasteiger partial charge in [-0.05, 0) is 44.0 Å². The van der Waals surface area contributed by atoms with Crippen LogP contribution < -0.4 is 11.0 Å². The topological polar surface area (TPSA) is 108 Å². The molecule has 1 aromatic carbocycles. The number of carbonyl (C=O) groups is 2. The lowest BCUT2D eigenvalue weighted by Crippen LogP contribution is -2.37. The quantitative estimate of drug-likeness (QED) is 0.551. The van der Waals surface area contributed by atoms with E-state index in [2.05, 4.69) is 20.2 Å². The molecule has 0 saturated heterocycles. The molecule has 0 fully saturated rings. The number of nitrogens with zero attached hydrogens (tertiary/aromatic N) is 4. The van der Waals surface area contributed by atoms with Crippen LogP contribution >= 0.6 is 0 Å². The highest BCUT2D eigenvalue weighted by Gasteiger charge is 2.17. The summed E-state index contributed by atoms with van der Waals surface area (Å²) in [5, 5.41) is 4.42. The van der Waals surface area contributed by atoms with Gasteiger partial charge in [0.15, 0.2) is 5.65 Å². The molecule has 0 aliphatic carbocycles. The minimum Gasteiger partial charge on any atom is -0.459 e. The number of rotatable bonds is 3. The predicted molar refractivity (Wildman–Crippen MR) is 93.6 cm³/mol. The third kappa shape index (κ3) is 3.06. The minimum atomic E-state index is -1.08. The number of benzene rings is 1. The zero-order chi connectivity index (χ0) is 18.8. The molecule has 1 N–H and O–H groups in total. The van der Waals surface area contributed by atoms with Crippen LogP contribution in [0.25, 0.3) is 16.7 Å². The fourth-order valence-corrected chi connectivity index (χ4v) is 2.39. The molecule has 0 aliphatic rings. The van der Waals surface area contributed by atoms with Crippen LogP contribution in [0.5, 0.6) is 0 Å². The number of carbonyl (C=O) groups excluding carboxylic acids is 2. The molecule has 26 heavy (non-hydrogen) atoms. The Morgan fingerprint density at radius 2 is 2.00 bits per heavy atom. The number of amides is 1. The van der Waals surface area contributed by atoms with Gasteiger partial charge in [0, 0.05) is 0 Å². The van der Waals surface area contributed by atoms with Gasteiger partial charge in [0.05, 0.1) is 18.5 Å². The molecule has 2 aromatic heterocycles. The number of esters is 1. The van der Waals surface area contributed by atoms with Gasteiger partial charge in [-0.2, -0.15) is 5.10 Å². The molecule has 3 aromatic rings. The van der Waals surface area contributed by atoms with Crippen molar-refractivity contribution in [1.29, 1.82) is 0 Å². The molecule has 9 nitrogen and oxygen atoms in total. The fraction of sp³-hybridized carbons (Fsp3) is 0.235. The smallest absolute Gasteiger partial charge is 0.398 e. The van der Waals surface area contributed by atoms with Crippen molar-refractivity contribution >= 4 is 22.9 Å². The zero-order valence-corrected chi connectivity index (χ0v) is 14.5. The summed E-state index contributed by atoms with van der Waals surface area (Å²) in [6.45, 7) is 5.62. The van der Waals surface area contributed by atoms with Gasteiger partial charge in [-0.15, -0.1) is 0 Å². The van der Waals surface area contributed by atoms with Gasteiger partial charge in [-0.25, -0.2) is 24.6 Å². The van der Waals surface area contributed by atoms with E-state index >= 15 is 0 Å². The summed E-state index contributed by atoms with van der Waals surface area (Å²) in [7, 11) is 0. The molecule has 9 heteroatoms. The Labute approximate surface area is 148 Å². The van der Waals surface area contributed by atoms with Crippen LogP contribution in [0.1, 0.15) is 18.1 Å². The predicted octanol–water partition coefficient (Wildman–Crippen LogP) is 0.832. The molecule has 0 saturated carbocycles. The third-order valence-corrected chi connectivity index (χ3v) is 3.91. The van der Waals surface area contributed by atoms with Crippen LogP contribution in [0, 0.1) is 13.8 Å². The van der Waals surface area contributed by atoms with Gasteiger partial charge < -0.3 is 4.74 Å². The van der Waals surface area contributed by atoms with E-state index in [1.165, 1.54) is 6.20 Å². The number of aryl methyl sites for hydroxylation is 2. The summed E-state index contributed by atoms with van der Waals surface area (Å²) in [6.07, 6.45) is 2.49. The number of aromatic nitrogens is 4. The Morgan fingerprint density at radius 1 is 1.23 bits per heavy atom. The average molecular weight is 355 g/mol. The van der Waals surface area contributed by atoms with Gasteiger partial charge in [-0.1, -0.05) is 6.07 Å². The van der Waals surface area contributed by atoms with E-state index in [0.29, 0.717) is 5.65 Å². The summed E-state index contributed by atoms with van der Waals surface area (Å²) < 4.78 is 6.95. The van der Waals surface area contributed by atoms with Crippen LogP contribution in [-0.4, -0.2) is 37.9 Å². The highest BCUT2D eigenvalue weighted by atomic mass is 16.5. The lowest BCUT2D eigenvalue weighted by molar-refractivity contribution is -0.152. The monoisotopic (exact) mass is 355 g/mol. The maximum atomic E-state index is 12.5. The molecule has 0 unspecified atom stereocenters. The van der Waals surface area contributed by atoms with Crippen LogP contribution in [0.2, 0.25) is 0 Å². The maximum absolute atomic E-state index is 12.5. The normalized spacial score (nSPS) is 10.7. The zero-order valence-electron chi connectivity index (χ0n) is 14.5. The lowest BCUT2D eigenvalue weighted by Gasteiger charge is -2.08. The Bertz CT molecular complexity index is 1070. The van der Waals surface area contributed by atoms with Crippen LogP contribution in [0.4, 0.5) is 0 Å². The number of hydrogen-bond acceptors (Lipinski definition) is 6. The molecule has 0 spiro atoms. The highest BCUT2D eigenvalue weighted by molar-refractivity contribution is 6.35. The molecule has 0 radical (unpaired) electrons. The first-order valence-electron chi connectivity index (χ1n) is 7.93. The number of hydrogen-bond donors (Lipinski definition) is 1. The van der Waals surface area contributed by atoms with Crippen LogP contribution in [0.3, 0.4) is 0 Å². The number of fused-ring (bicyclic) bond motifs is 1. The molecule has 0 aliphatic heterocycles. The third-order valence-electron chi connectivity index (χ3n) is 3.91. The van der Waals surface area contributed by atoms with Crippen LogP contribution in [-0.2, 0) is 14.3 Å². The Hall–Kier alpha value is -3.49. The first kappa shape index (κ1) is 17.3. The van der Waals surface area contributed by atoms with Crippen molar-refractivity contribution in [3.05, 3.63) is 52.2 Å². The van der Waals surface area contributed by atoms with Crippen molar-refractivity contribution in [3.63, 3.8) is 0 Å². The summed E-state index contributed by atoms with van der Waals surface area (Å²) in [5.74, 6) is -2.14. The fourth-order valence-electron chi connectivity index (χ4n) is 2.39. The van der Waals surface area contributed by atoms with Gasteiger partial charge in [0.1, 0.15) is 11.7 Å². The molecule has 3 rings (SSSR count). The molecular formula is C17H17N5O4. The van der Waals surface area contributed by atoms with E-state index in [1.807, 2.05) is 32.0 Å². The Balaban J connectivity index is 1.99. The van der Waals surface area contributed by atoms with E-state index in [0.717, 1.165) is 27.8 Å². The van der Waals surface area contributed by atoms with Gasteiger partial charge >= 0.3 is 11.9 Å². The van der Waals surface area contributed by atoms with E-state index in [1.54, 1.807) is 11.6 Å². The Morgan fingerprint density at radius 3 is 2.69 bits per heavy atom. The summed E-state index contributed by atoms with van der Waals surface area (Å²) >= 11 is 0. The van der Waals surface area contributed by atoms with E-state index in [-0.39, 0.29) is 12.0 Å². The summed E-state index contributed by atoms with van der Waals surface area (Å²) in [5.41, 5.74) is 4.93. The molecule has 0 atom stereocenters. The van der Waals surface area contributed by atoms with Crippen molar-refractivity contribution in [2.45, 2.75) is 20.8 Å². The molecule has 0 bridgehead atoms. The van der Waals surface area contributed by atoms with Crippen molar-refractivity contribution in [2.75, 3.05) is 12.0 Å². The SMILES string of the molecule is CCOC(=O)C(=O)Nn1cnc2c(cnn2-c2ccc(C)c(C)c2)c1=O. The van der Waals surface area contributed by atoms with E-state index in [4.69, 9.17) is 0 Å². The van der Waals surface area contributed by atoms with Gasteiger partial charge in [0.2, 0.25) is 0 Å². The van der Waals surface area contributed by atoms with Gasteiger partial charge in [-0.3, -0.25) is 9.59 Å². The Kier molecular flexibility index (Phi) is 4.53. The number of ether oxygens (including phenoxy) is 1. The maximum Gasteiger partial charge on any atom is 0.398 e. The van der Waals surface area contributed by atoms with Crippen molar-refractivity contribution < 1.29 is 14.3 Å². The standard InChI is InChI=1S/C17H17N5O4/c1-4-26-17(25)15(23)20-21-9-18-14-13(16(21)24)8-19-22(14)12-6-5-10(2)11(3)7-12/h5-9H,4H2,1-3H3,(H,20,23). The first-order chi connectivity index (χ1) is 12.4. The molecule has 134 valence electrons. The van der Waals surface area contributed by atoms with Crippen molar-refractivity contribution in [1.82, 2.24) is 19.4 Å². The molecular weight excluding hydrogens is 338 g/mol. The molecule has 1 amide bonds. The van der Waals surface area contributed by atoms with Crippen molar-refractivity contribution in [2.24, 2.45) is 0 Å². The van der Waals surface area contributed by atoms with Gasteiger partial charge in [0.25, 0.3) is 5.56 Å². The second-order valence-electron chi connectivity index (χ2n) is 5.64. The van der Waals surface area contributed by atoms with Crippen LogP contribution in [0.15, 0.2) is 35.5 Å². The van der Waals surface area contributed by atoms with E-state index in [9.17, 15) is 14.4 Å². The highest BCUT2D eigenvalue weighted by Crippen LogP contribution is 2.16. The van der Waals surface area contributed by atoms with E-state index < -0.39 is 17.4 Å². The van der Waals surface area contributed by atoms with Crippen molar-refractivity contribution in [3.8, 4) is 5.69 Å². The lowest BCUT2D eigenvalue weighted by atomic mass is 10.1. The average Bonchev–Trinajstić information content (AvgIpc) is 3.04.